The number of carbonyl (C=O) groups is 2. The van der Waals surface area contributed by atoms with Gasteiger partial charge in [-0.1, -0.05) is 30.0 Å². The van der Waals surface area contributed by atoms with Gasteiger partial charge in [-0.25, -0.2) is 14.2 Å². The molecule has 3 rings (SSSR count). The highest BCUT2D eigenvalue weighted by Crippen LogP contribution is 2.45. The average Bonchev–Trinajstić information content (AvgIpc) is 3.03. The Balaban J connectivity index is 2.08. The van der Waals surface area contributed by atoms with Gasteiger partial charge in [0.05, 0.1) is 30.3 Å². The second-order valence-corrected chi connectivity index (χ2v) is 7.10. The van der Waals surface area contributed by atoms with Gasteiger partial charge in [-0.2, -0.15) is 0 Å². The monoisotopic (exact) mass is 403 g/mol. The fourth-order valence-corrected chi connectivity index (χ4v) is 4.22. The maximum atomic E-state index is 14.7. The Kier molecular flexibility index (Phi) is 6.18. The number of nitrogens with one attached hydrogen (secondary N) is 1. The molecule has 0 saturated heterocycles. The molecule has 2 aliphatic heterocycles. The molecule has 0 aliphatic carbocycles. The molecule has 148 valence electrons. The number of thioether (sulfide) groups is 1. The molecule has 8 heteroatoms. The van der Waals surface area contributed by atoms with E-state index in [1.807, 2.05) is 12.3 Å². The lowest BCUT2D eigenvalue weighted by Crippen LogP contribution is -2.38. The molecule has 0 radical (unpaired) electrons. The summed E-state index contributed by atoms with van der Waals surface area (Å²) in [7, 11) is 0. The van der Waals surface area contributed by atoms with Gasteiger partial charge < -0.3 is 15.0 Å². The molecular weight excluding hydrogens is 381 g/mol. The van der Waals surface area contributed by atoms with Crippen LogP contribution in [-0.2, 0) is 14.3 Å². The number of benzene rings is 1. The minimum atomic E-state index is -0.747. The van der Waals surface area contributed by atoms with Crippen LogP contribution >= 0.6 is 11.8 Å². The Hall–Kier alpha value is -2.61. The number of ether oxygens (including phenoxy) is 1. The summed E-state index contributed by atoms with van der Waals surface area (Å²) in [6.45, 7) is 6.00. The number of aliphatic imine (C=N–C) groups is 1. The van der Waals surface area contributed by atoms with Crippen molar-refractivity contribution in [1.82, 2.24) is 10.2 Å². The lowest BCUT2D eigenvalue weighted by atomic mass is 9.93. The van der Waals surface area contributed by atoms with E-state index in [-0.39, 0.29) is 24.5 Å². The lowest BCUT2D eigenvalue weighted by Gasteiger charge is -2.36. The molecule has 1 aromatic carbocycles. The molecule has 1 aromatic rings. The molecule has 28 heavy (non-hydrogen) atoms. The predicted octanol–water partition coefficient (Wildman–Crippen LogP) is 3.49. The Bertz CT molecular complexity index is 894. The number of amidine groups is 1. The van der Waals surface area contributed by atoms with Crippen molar-refractivity contribution >= 4 is 28.8 Å². The van der Waals surface area contributed by atoms with Crippen LogP contribution in [0.3, 0.4) is 0 Å². The molecule has 2 heterocycles. The van der Waals surface area contributed by atoms with Crippen LogP contribution in [0, 0.1) is 5.82 Å². The van der Waals surface area contributed by atoms with Gasteiger partial charge in [0.25, 0.3) is 0 Å². The molecule has 0 bridgehead atoms. The van der Waals surface area contributed by atoms with Crippen LogP contribution < -0.4 is 5.32 Å². The van der Waals surface area contributed by atoms with E-state index >= 15 is 0 Å². The fraction of sp³-hybridized carbons (Fsp3) is 0.350. The van der Waals surface area contributed by atoms with Crippen molar-refractivity contribution < 1.29 is 18.7 Å². The first-order valence-corrected chi connectivity index (χ1v) is 9.98. The molecule has 6 nitrogen and oxygen atoms in total. The third-order valence-corrected chi connectivity index (χ3v) is 5.30. The highest BCUT2D eigenvalue weighted by atomic mass is 32.2. The van der Waals surface area contributed by atoms with Crippen molar-refractivity contribution in [1.29, 1.82) is 0 Å². The van der Waals surface area contributed by atoms with Gasteiger partial charge in [-0.15, -0.1) is 0 Å². The second-order valence-electron chi connectivity index (χ2n) is 6.27. The summed E-state index contributed by atoms with van der Waals surface area (Å²) in [5.74, 6) is -1.12. The van der Waals surface area contributed by atoms with Crippen LogP contribution in [0.2, 0.25) is 0 Å². The van der Waals surface area contributed by atoms with E-state index in [2.05, 4.69) is 10.3 Å². The number of nitrogens with zero attached hydrogens (tertiary/aromatic N) is 2. The van der Waals surface area contributed by atoms with Crippen LogP contribution in [0.25, 0.3) is 0 Å². The van der Waals surface area contributed by atoms with E-state index < -0.39 is 17.8 Å². The summed E-state index contributed by atoms with van der Waals surface area (Å²) in [6.07, 6.45) is 0.111. The van der Waals surface area contributed by atoms with E-state index in [1.165, 1.54) is 17.8 Å². The molecule has 2 aliphatic rings. The van der Waals surface area contributed by atoms with Crippen LogP contribution in [0.5, 0.6) is 0 Å². The van der Waals surface area contributed by atoms with E-state index in [0.29, 0.717) is 28.7 Å². The summed E-state index contributed by atoms with van der Waals surface area (Å²) in [4.78, 5) is 31.2. The van der Waals surface area contributed by atoms with Gasteiger partial charge in [0.1, 0.15) is 5.82 Å². The maximum Gasteiger partial charge on any atom is 0.338 e. The van der Waals surface area contributed by atoms with Gasteiger partial charge in [-0.3, -0.25) is 4.79 Å². The SMILES string of the molecule is CCNC(=O)CC1=CSC2=NC(C)=C(C(=O)OCC)C(c3ccccc3F)N12. The number of rotatable bonds is 6. The molecule has 0 fully saturated rings. The topological polar surface area (TPSA) is 71.0 Å². The molecule has 1 atom stereocenters. The first-order valence-electron chi connectivity index (χ1n) is 9.10. The quantitative estimate of drug-likeness (QED) is 0.737. The number of amides is 1. The number of esters is 1. The van der Waals surface area contributed by atoms with Crippen molar-refractivity contribution in [3.05, 3.63) is 58.0 Å². The van der Waals surface area contributed by atoms with Crippen molar-refractivity contribution in [2.75, 3.05) is 13.2 Å². The molecule has 1 N–H and O–H groups in total. The van der Waals surface area contributed by atoms with Gasteiger partial charge in [0, 0.05) is 17.8 Å². The van der Waals surface area contributed by atoms with Crippen LogP contribution in [0.15, 0.2) is 51.6 Å². The number of hydrogen-bond donors (Lipinski definition) is 1. The van der Waals surface area contributed by atoms with E-state index in [4.69, 9.17) is 4.74 Å². The minimum Gasteiger partial charge on any atom is -0.463 e. The Morgan fingerprint density at radius 3 is 2.75 bits per heavy atom. The third kappa shape index (κ3) is 3.82. The third-order valence-electron chi connectivity index (χ3n) is 4.41. The van der Waals surface area contributed by atoms with E-state index in [1.54, 1.807) is 36.9 Å². The summed E-state index contributed by atoms with van der Waals surface area (Å²) >= 11 is 1.35. The zero-order valence-electron chi connectivity index (χ0n) is 16.0. The normalized spacial score (nSPS) is 18.4. The van der Waals surface area contributed by atoms with Crippen molar-refractivity contribution in [3.63, 3.8) is 0 Å². The van der Waals surface area contributed by atoms with Gasteiger partial charge in [0.15, 0.2) is 5.17 Å². The molecular formula is C20H22FN3O3S. The fourth-order valence-electron chi connectivity index (χ4n) is 3.25. The number of halogens is 1. The number of fused-ring (bicyclic) bond motifs is 1. The Morgan fingerprint density at radius 1 is 1.32 bits per heavy atom. The van der Waals surface area contributed by atoms with E-state index in [0.717, 1.165) is 0 Å². The van der Waals surface area contributed by atoms with Crippen molar-refractivity contribution in [2.24, 2.45) is 4.99 Å². The smallest absolute Gasteiger partial charge is 0.338 e. The molecule has 1 amide bonds. The van der Waals surface area contributed by atoms with Gasteiger partial charge >= 0.3 is 5.97 Å². The highest BCUT2D eigenvalue weighted by molar-refractivity contribution is 8.16. The van der Waals surface area contributed by atoms with Crippen LogP contribution in [0.1, 0.15) is 38.8 Å². The van der Waals surface area contributed by atoms with Crippen molar-refractivity contribution in [3.8, 4) is 0 Å². The molecule has 1 unspecified atom stereocenters. The number of hydrogen-bond acceptors (Lipinski definition) is 6. The summed E-state index contributed by atoms with van der Waals surface area (Å²) in [5, 5.41) is 5.20. The summed E-state index contributed by atoms with van der Waals surface area (Å²) in [5.41, 5.74) is 1.76. The molecule has 0 spiro atoms. The largest absolute Gasteiger partial charge is 0.463 e. The van der Waals surface area contributed by atoms with Gasteiger partial charge in [0.2, 0.25) is 5.91 Å². The average molecular weight is 403 g/mol. The lowest BCUT2D eigenvalue weighted by molar-refractivity contribution is -0.139. The van der Waals surface area contributed by atoms with Crippen LogP contribution in [0.4, 0.5) is 4.39 Å². The second kappa shape index (κ2) is 8.60. The van der Waals surface area contributed by atoms with Gasteiger partial charge in [-0.05, 0) is 32.2 Å². The maximum absolute atomic E-state index is 14.7. The predicted molar refractivity (Wildman–Crippen MR) is 107 cm³/mol. The standard InChI is InChI=1S/C20H22FN3O3S/c1-4-22-16(25)10-13-11-28-20-23-12(3)17(19(26)27-5-2)18(24(13)20)14-8-6-7-9-15(14)21/h6-9,11,18H,4-5,10H2,1-3H3,(H,22,25). The first-order chi connectivity index (χ1) is 13.5. The Morgan fingerprint density at radius 2 is 2.07 bits per heavy atom. The zero-order chi connectivity index (χ0) is 20.3. The summed E-state index contributed by atoms with van der Waals surface area (Å²) < 4.78 is 20.0. The Labute approximate surface area is 167 Å². The van der Waals surface area contributed by atoms with E-state index in [9.17, 15) is 14.0 Å². The number of allylic oxidation sites excluding steroid dienone is 1. The zero-order valence-corrected chi connectivity index (χ0v) is 16.8. The number of carbonyl (C=O) groups excluding carboxylic acids is 2. The molecule has 0 aromatic heterocycles. The first kappa shape index (κ1) is 20.1. The van der Waals surface area contributed by atoms with Crippen LogP contribution in [-0.4, -0.2) is 35.1 Å². The van der Waals surface area contributed by atoms with Crippen molar-refractivity contribution in [2.45, 2.75) is 33.2 Å². The highest BCUT2D eigenvalue weighted by Gasteiger charge is 2.42. The molecule has 0 saturated carbocycles. The minimum absolute atomic E-state index is 0.111. The summed E-state index contributed by atoms with van der Waals surface area (Å²) in [6, 6.07) is 5.57.